The van der Waals surface area contributed by atoms with Crippen molar-refractivity contribution >= 4 is 49.1 Å². The summed E-state index contributed by atoms with van der Waals surface area (Å²) in [5, 5.41) is 22.1. The Morgan fingerprint density at radius 3 is 2.27 bits per heavy atom. The van der Waals surface area contributed by atoms with Gasteiger partial charge in [0.2, 0.25) is 10.0 Å². The highest BCUT2D eigenvalue weighted by Crippen LogP contribution is 2.44. The molecule has 30 heavy (non-hydrogen) atoms. The third-order valence-corrected chi connectivity index (χ3v) is 8.49. The van der Waals surface area contributed by atoms with Crippen LogP contribution in [0.5, 0.6) is 5.75 Å². The normalized spacial score (nSPS) is 17.1. The van der Waals surface area contributed by atoms with Crippen molar-refractivity contribution in [3.8, 4) is 5.75 Å². The highest BCUT2D eigenvalue weighted by atomic mass is 79.9. The van der Waals surface area contributed by atoms with Crippen LogP contribution in [-0.4, -0.2) is 42.0 Å². The Morgan fingerprint density at radius 2 is 1.77 bits per heavy atom. The molecule has 10 nitrogen and oxygen atoms in total. The molecule has 2 aromatic rings. The van der Waals surface area contributed by atoms with Crippen LogP contribution < -0.4 is 4.74 Å². The number of thioether (sulfide) groups is 1. The molecule has 13 heteroatoms. The summed E-state index contributed by atoms with van der Waals surface area (Å²) in [5.41, 5.74) is -0.739. The van der Waals surface area contributed by atoms with Gasteiger partial charge in [-0.3, -0.25) is 20.2 Å². The van der Waals surface area contributed by atoms with Crippen LogP contribution in [0.1, 0.15) is 16.5 Å². The van der Waals surface area contributed by atoms with E-state index in [4.69, 9.17) is 4.74 Å². The number of ether oxygens (including phenoxy) is 1. The Balaban J connectivity index is 2.09. The Labute approximate surface area is 184 Å². The number of nitro groups is 2. The predicted molar refractivity (Wildman–Crippen MR) is 114 cm³/mol. The molecule has 0 spiro atoms. The summed E-state index contributed by atoms with van der Waals surface area (Å²) < 4.78 is 33.7. The highest BCUT2D eigenvalue weighted by Gasteiger charge is 2.39. The van der Waals surface area contributed by atoms with E-state index >= 15 is 0 Å². The summed E-state index contributed by atoms with van der Waals surface area (Å²) in [5.74, 6) is 1.09. The molecule has 0 N–H and O–H groups in total. The topological polar surface area (TPSA) is 133 Å². The smallest absolute Gasteiger partial charge is 0.280 e. The fourth-order valence-electron chi connectivity index (χ4n) is 3.12. The zero-order valence-electron chi connectivity index (χ0n) is 15.8. The molecule has 1 aliphatic rings. The summed E-state index contributed by atoms with van der Waals surface area (Å²) >= 11 is 4.77. The molecule has 0 saturated carbocycles. The second kappa shape index (κ2) is 8.49. The quantitative estimate of drug-likeness (QED) is 0.414. The van der Waals surface area contributed by atoms with Crippen LogP contribution in [0.25, 0.3) is 0 Å². The van der Waals surface area contributed by atoms with E-state index in [0.717, 1.165) is 12.1 Å². The largest absolute Gasteiger partial charge is 0.496 e. The number of hydrogen-bond acceptors (Lipinski definition) is 8. The van der Waals surface area contributed by atoms with Gasteiger partial charge in [-0.15, -0.1) is 11.8 Å². The first-order valence-electron chi connectivity index (χ1n) is 8.48. The fraction of sp³-hybridized carbons (Fsp3) is 0.294. The second-order valence-corrected chi connectivity index (χ2v) is 10.3. The number of halogens is 1. The van der Waals surface area contributed by atoms with Gasteiger partial charge < -0.3 is 4.74 Å². The molecule has 0 aliphatic carbocycles. The summed E-state index contributed by atoms with van der Waals surface area (Å²) in [4.78, 5) is 20.5. The number of hydrogen-bond donors (Lipinski definition) is 0. The van der Waals surface area contributed by atoms with Gasteiger partial charge >= 0.3 is 0 Å². The maximum atomic E-state index is 13.3. The number of rotatable bonds is 6. The van der Waals surface area contributed by atoms with E-state index in [0.29, 0.717) is 21.5 Å². The second-order valence-electron chi connectivity index (χ2n) is 6.33. The number of methoxy groups -OCH3 is 1. The first kappa shape index (κ1) is 22.5. The van der Waals surface area contributed by atoms with Crippen molar-refractivity contribution in [1.29, 1.82) is 0 Å². The Morgan fingerprint density at radius 1 is 1.17 bits per heavy atom. The van der Waals surface area contributed by atoms with Crippen molar-refractivity contribution in [2.24, 2.45) is 0 Å². The van der Waals surface area contributed by atoms with E-state index in [1.165, 1.54) is 30.1 Å². The van der Waals surface area contributed by atoms with Crippen LogP contribution in [0.3, 0.4) is 0 Å². The van der Waals surface area contributed by atoms with Crippen molar-refractivity contribution in [3.05, 3.63) is 66.2 Å². The summed E-state index contributed by atoms with van der Waals surface area (Å²) in [7, 11) is -2.72. The van der Waals surface area contributed by atoms with Crippen LogP contribution in [0, 0.1) is 27.2 Å². The minimum atomic E-state index is -4.24. The molecule has 2 aromatic carbocycles. The SMILES string of the molecule is COc1ccc(C2SCCN2S(=O)(=O)c2cc([N+](=O)[O-])c(C)c([N+](=O)[O-])c2)cc1Br. The first-order chi connectivity index (χ1) is 14.1. The van der Waals surface area contributed by atoms with Gasteiger partial charge in [-0.1, -0.05) is 6.07 Å². The molecule has 3 rings (SSSR count). The Bertz CT molecular complexity index is 1110. The van der Waals surface area contributed by atoms with Crippen molar-refractivity contribution in [2.75, 3.05) is 19.4 Å². The first-order valence-corrected chi connectivity index (χ1v) is 11.8. The molecule has 1 saturated heterocycles. The lowest BCUT2D eigenvalue weighted by Crippen LogP contribution is -2.30. The molecule has 1 atom stereocenters. The van der Waals surface area contributed by atoms with Crippen LogP contribution in [0.4, 0.5) is 11.4 Å². The number of nitro benzene ring substituents is 2. The van der Waals surface area contributed by atoms with Gasteiger partial charge in [0.1, 0.15) is 11.3 Å². The van der Waals surface area contributed by atoms with Crippen molar-refractivity contribution in [2.45, 2.75) is 17.2 Å². The monoisotopic (exact) mass is 517 g/mol. The summed E-state index contributed by atoms with van der Waals surface area (Å²) in [6.45, 7) is 1.38. The molecule has 1 heterocycles. The van der Waals surface area contributed by atoms with Crippen LogP contribution >= 0.6 is 27.7 Å². The lowest BCUT2D eigenvalue weighted by molar-refractivity contribution is -0.395. The van der Waals surface area contributed by atoms with E-state index < -0.39 is 41.5 Å². The fourth-order valence-corrected chi connectivity index (χ4v) is 6.95. The number of sulfonamides is 1. The third kappa shape index (κ3) is 4.02. The van der Waals surface area contributed by atoms with Gasteiger partial charge in [0.15, 0.2) is 0 Å². The van der Waals surface area contributed by atoms with E-state index in [9.17, 15) is 28.6 Å². The molecule has 0 radical (unpaired) electrons. The Hall–Kier alpha value is -2.22. The maximum absolute atomic E-state index is 13.3. The highest BCUT2D eigenvalue weighted by molar-refractivity contribution is 9.10. The maximum Gasteiger partial charge on any atom is 0.280 e. The van der Waals surface area contributed by atoms with Crippen molar-refractivity contribution < 1.29 is 23.0 Å². The third-order valence-electron chi connectivity index (χ3n) is 4.64. The molecule has 1 unspecified atom stereocenters. The average Bonchev–Trinajstić information content (AvgIpc) is 3.18. The molecule has 1 aliphatic heterocycles. The minimum absolute atomic E-state index is 0.163. The zero-order chi connectivity index (χ0) is 22.2. The zero-order valence-corrected chi connectivity index (χ0v) is 19.0. The van der Waals surface area contributed by atoms with Gasteiger partial charge in [-0.05, 0) is 40.5 Å². The van der Waals surface area contributed by atoms with Crippen molar-refractivity contribution in [1.82, 2.24) is 4.31 Å². The predicted octanol–water partition coefficient (Wildman–Crippen LogP) is 4.02. The lowest BCUT2D eigenvalue weighted by atomic mass is 10.1. The van der Waals surface area contributed by atoms with E-state index in [1.54, 1.807) is 18.2 Å². The number of nitrogens with zero attached hydrogens (tertiary/aromatic N) is 3. The standard InChI is InChI=1S/C17H16BrN3O7S2/c1-10-14(20(22)23)8-12(9-15(10)21(24)25)30(26,27)19-5-6-29-17(19)11-3-4-16(28-2)13(18)7-11/h3-4,7-9,17H,5-6H2,1-2H3. The van der Waals surface area contributed by atoms with Gasteiger partial charge in [0.25, 0.3) is 11.4 Å². The molecule has 0 aromatic heterocycles. The molecule has 160 valence electrons. The van der Waals surface area contributed by atoms with E-state index in [1.807, 2.05) is 0 Å². The van der Waals surface area contributed by atoms with E-state index in [2.05, 4.69) is 15.9 Å². The van der Waals surface area contributed by atoms with Gasteiger partial charge in [0.05, 0.1) is 31.7 Å². The van der Waals surface area contributed by atoms with Crippen LogP contribution in [-0.2, 0) is 10.0 Å². The minimum Gasteiger partial charge on any atom is -0.496 e. The van der Waals surface area contributed by atoms with Crippen LogP contribution in [0.15, 0.2) is 39.7 Å². The Kier molecular flexibility index (Phi) is 6.36. The molecule has 0 bridgehead atoms. The van der Waals surface area contributed by atoms with Crippen LogP contribution in [0.2, 0.25) is 0 Å². The molecular weight excluding hydrogens is 502 g/mol. The summed E-state index contributed by atoms with van der Waals surface area (Å²) in [6.07, 6.45) is 0. The van der Waals surface area contributed by atoms with E-state index in [-0.39, 0.29) is 12.1 Å². The van der Waals surface area contributed by atoms with Gasteiger partial charge in [-0.25, -0.2) is 8.42 Å². The van der Waals surface area contributed by atoms with Crippen molar-refractivity contribution in [3.63, 3.8) is 0 Å². The molecular formula is C17H16BrN3O7S2. The average molecular weight is 518 g/mol. The van der Waals surface area contributed by atoms with Gasteiger partial charge in [-0.2, -0.15) is 4.31 Å². The lowest BCUT2D eigenvalue weighted by Gasteiger charge is -2.24. The molecule has 1 fully saturated rings. The summed E-state index contributed by atoms with van der Waals surface area (Å²) in [6, 6.07) is 6.92. The molecule has 0 amide bonds. The van der Waals surface area contributed by atoms with Gasteiger partial charge in [0, 0.05) is 24.4 Å². The number of benzene rings is 2.